The number of H-pyrrole nitrogens is 1. The zero-order chi connectivity index (χ0) is 21.4. The molecule has 0 saturated carbocycles. The van der Waals surface area contributed by atoms with Gasteiger partial charge in [-0.25, -0.2) is 15.0 Å². The van der Waals surface area contributed by atoms with Crippen LogP contribution in [0.1, 0.15) is 12.3 Å². The predicted octanol–water partition coefficient (Wildman–Crippen LogP) is 4.78. The second kappa shape index (κ2) is 7.56. The third-order valence-corrected chi connectivity index (χ3v) is 4.79. The summed E-state index contributed by atoms with van der Waals surface area (Å²) >= 11 is 0. The number of hydrogen-bond donors (Lipinski definition) is 1. The number of rotatable bonds is 5. The summed E-state index contributed by atoms with van der Waals surface area (Å²) < 4.78 is 30.3. The van der Waals surface area contributed by atoms with Crippen molar-refractivity contribution in [2.24, 2.45) is 0 Å². The van der Waals surface area contributed by atoms with E-state index < -0.39 is 12.3 Å². The van der Waals surface area contributed by atoms with Crippen LogP contribution in [-0.2, 0) is 0 Å². The lowest BCUT2D eigenvalue weighted by Gasteiger charge is -2.18. The van der Waals surface area contributed by atoms with Gasteiger partial charge in [-0.15, -0.1) is 10.2 Å². The summed E-state index contributed by atoms with van der Waals surface area (Å²) in [5, 5.41) is 6.93. The summed E-state index contributed by atoms with van der Waals surface area (Å²) in [5.41, 5.74) is 4.96. The molecule has 0 fully saturated rings. The lowest BCUT2D eigenvalue weighted by Crippen LogP contribution is -2.13. The Hall–Kier alpha value is -4.21. The lowest BCUT2D eigenvalue weighted by atomic mass is 10.0. The van der Waals surface area contributed by atoms with Crippen LogP contribution in [0, 0.1) is 0 Å². The minimum Gasteiger partial charge on any atom is -0.415 e. The van der Waals surface area contributed by atoms with Crippen LogP contribution in [0.25, 0.3) is 33.6 Å². The number of imidazole rings is 1. The first-order valence-corrected chi connectivity index (χ1v) is 9.30. The number of benzene rings is 2. The van der Waals surface area contributed by atoms with Crippen molar-refractivity contribution in [2.75, 3.05) is 11.9 Å². The van der Waals surface area contributed by atoms with Gasteiger partial charge in [0.25, 0.3) is 11.8 Å². The summed E-state index contributed by atoms with van der Waals surface area (Å²) in [6.45, 7) is 0. The fraction of sp³-hybridized carbons (Fsp3) is 0.0952. The van der Waals surface area contributed by atoms with Gasteiger partial charge in [0.1, 0.15) is 0 Å². The topological polar surface area (TPSA) is 96.6 Å². The van der Waals surface area contributed by atoms with Crippen LogP contribution in [0.4, 0.5) is 20.4 Å². The number of hydrogen-bond acceptors (Lipinski definition) is 7. The van der Waals surface area contributed by atoms with Gasteiger partial charge in [0.15, 0.2) is 0 Å². The van der Waals surface area contributed by atoms with Crippen molar-refractivity contribution in [1.82, 2.24) is 30.1 Å². The number of aromatic amines is 1. The van der Waals surface area contributed by atoms with E-state index in [2.05, 4.69) is 30.1 Å². The molecule has 0 aliphatic heterocycles. The van der Waals surface area contributed by atoms with Gasteiger partial charge < -0.3 is 14.3 Å². The number of alkyl halides is 2. The molecule has 0 aliphatic rings. The number of nitrogens with one attached hydrogen (secondary N) is 1. The molecule has 0 radical (unpaired) electrons. The van der Waals surface area contributed by atoms with Crippen LogP contribution < -0.4 is 4.90 Å². The molecule has 10 heteroatoms. The highest BCUT2D eigenvalue weighted by Crippen LogP contribution is 2.33. The summed E-state index contributed by atoms with van der Waals surface area (Å²) in [5.74, 6) is -0.387. The molecule has 0 saturated heterocycles. The number of nitrogens with zero attached hydrogens (tertiary/aromatic N) is 6. The van der Waals surface area contributed by atoms with Gasteiger partial charge in [-0.05, 0) is 17.7 Å². The maximum atomic E-state index is 12.7. The van der Waals surface area contributed by atoms with E-state index in [1.54, 1.807) is 6.33 Å². The van der Waals surface area contributed by atoms with Crippen molar-refractivity contribution in [2.45, 2.75) is 6.43 Å². The van der Waals surface area contributed by atoms with Crippen molar-refractivity contribution < 1.29 is 13.2 Å². The van der Waals surface area contributed by atoms with Crippen molar-refractivity contribution >= 4 is 22.7 Å². The Kier molecular flexibility index (Phi) is 4.58. The molecule has 3 heterocycles. The van der Waals surface area contributed by atoms with Crippen LogP contribution in [0.5, 0.6) is 0 Å². The van der Waals surface area contributed by atoms with Crippen LogP contribution >= 0.6 is 0 Å². The number of aromatic nitrogens is 6. The monoisotopic (exact) mass is 419 g/mol. The molecule has 0 spiro atoms. The Morgan fingerprint density at radius 2 is 1.74 bits per heavy atom. The van der Waals surface area contributed by atoms with Crippen molar-refractivity contribution in [3.63, 3.8) is 0 Å². The van der Waals surface area contributed by atoms with Gasteiger partial charge in [-0.1, -0.05) is 30.3 Å². The predicted molar refractivity (Wildman–Crippen MR) is 110 cm³/mol. The SMILES string of the molecule is CN(c1cc(-c2ccccc2)c2nc[nH]c2c1)c1ncc(-c2nnc(C(F)F)o2)cn1. The van der Waals surface area contributed by atoms with E-state index in [0.29, 0.717) is 11.5 Å². The van der Waals surface area contributed by atoms with Crippen LogP contribution in [0.3, 0.4) is 0 Å². The van der Waals surface area contributed by atoms with E-state index in [1.165, 1.54) is 12.4 Å². The molecule has 31 heavy (non-hydrogen) atoms. The zero-order valence-corrected chi connectivity index (χ0v) is 16.2. The quantitative estimate of drug-likeness (QED) is 0.438. The molecule has 0 atom stereocenters. The Morgan fingerprint density at radius 1 is 0.968 bits per heavy atom. The zero-order valence-electron chi connectivity index (χ0n) is 16.2. The van der Waals surface area contributed by atoms with Gasteiger partial charge in [-0.3, -0.25) is 0 Å². The van der Waals surface area contributed by atoms with Gasteiger partial charge in [0.2, 0.25) is 5.95 Å². The molecule has 8 nitrogen and oxygen atoms in total. The Labute approximate surface area is 174 Å². The normalized spacial score (nSPS) is 11.4. The molecule has 3 aromatic heterocycles. The highest BCUT2D eigenvalue weighted by molar-refractivity contribution is 5.95. The smallest absolute Gasteiger partial charge is 0.314 e. The van der Waals surface area contributed by atoms with E-state index >= 15 is 0 Å². The lowest BCUT2D eigenvalue weighted by molar-refractivity contribution is 0.116. The standard InChI is InChI=1S/C21H15F2N7O/c1-30(21-24-9-13(10-25-21)19-28-29-20(31-19)18(22)23)14-7-15(12-5-3-2-4-6-12)17-16(8-14)26-11-27-17/h2-11,18H,1H3,(H,26,27). The van der Waals surface area contributed by atoms with E-state index in [0.717, 1.165) is 27.8 Å². The summed E-state index contributed by atoms with van der Waals surface area (Å²) in [6.07, 6.45) is 1.73. The molecule has 0 unspecified atom stereocenters. The maximum Gasteiger partial charge on any atom is 0.314 e. The fourth-order valence-electron chi connectivity index (χ4n) is 3.23. The average molecular weight is 419 g/mol. The Bertz CT molecular complexity index is 1330. The molecule has 0 amide bonds. The second-order valence-electron chi connectivity index (χ2n) is 6.73. The highest BCUT2D eigenvalue weighted by atomic mass is 19.3. The van der Waals surface area contributed by atoms with Crippen LogP contribution in [0.2, 0.25) is 0 Å². The molecule has 0 aliphatic carbocycles. The van der Waals surface area contributed by atoms with Crippen molar-refractivity contribution in [1.29, 1.82) is 0 Å². The number of halogens is 2. The minimum absolute atomic E-state index is 0.0604. The second-order valence-corrected chi connectivity index (χ2v) is 6.73. The summed E-state index contributed by atoms with van der Waals surface area (Å²) in [6, 6.07) is 13.9. The highest BCUT2D eigenvalue weighted by Gasteiger charge is 2.18. The molecule has 2 aromatic carbocycles. The van der Waals surface area contributed by atoms with Gasteiger partial charge in [0.05, 0.1) is 22.9 Å². The van der Waals surface area contributed by atoms with Gasteiger partial charge in [-0.2, -0.15) is 8.78 Å². The first kappa shape index (κ1) is 18.8. The molecular weight excluding hydrogens is 404 g/mol. The van der Waals surface area contributed by atoms with E-state index in [9.17, 15) is 8.78 Å². The van der Waals surface area contributed by atoms with E-state index in [1.807, 2.05) is 54.4 Å². The third kappa shape index (κ3) is 3.48. The minimum atomic E-state index is -2.83. The molecule has 1 N–H and O–H groups in total. The molecule has 5 aromatic rings. The third-order valence-electron chi connectivity index (χ3n) is 4.79. The average Bonchev–Trinajstić information content (AvgIpc) is 3.48. The van der Waals surface area contributed by atoms with Crippen molar-refractivity contribution in [3.8, 4) is 22.6 Å². The number of anilines is 2. The van der Waals surface area contributed by atoms with E-state index in [4.69, 9.17) is 4.42 Å². The largest absolute Gasteiger partial charge is 0.415 e. The van der Waals surface area contributed by atoms with Crippen LogP contribution in [0.15, 0.2) is 65.6 Å². The Morgan fingerprint density at radius 3 is 2.45 bits per heavy atom. The first-order valence-electron chi connectivity index (χ1n) is 9.30. The van der Waals surface area contributed by atoms with Crippen molar-refractivity contribution in [3.05, 3.63) is 67.1 Å². The summed E-state index contributed by atoms with van der Waals surface area (Å²) in [4.78, 5) is 18.1. The molecule has 0 bridgehead atoms. The maximum absolute atomic E-state index is 12.7. The van der Waals surface area contributed by atoms with E-state index in [-0.39, 0.29) is 5.89 Å². The van der Waals surface area contributed by atoms with Crippen LogP contribution in [-0.4, -0.2) is 37.2 Å². The summed E-state index contributed by atoms with van der Waals surface area (Å²) in [7, 11) is 1.84. The Balaban J connectivity index is 1.49. The van der Waals surface area contributed by atoms with Gasteiger partial charge in [0, 0.05) is 30.7 Å². The number of fused-ring (bicyclic) bond motifs is 1. The first-order chi connectivity index (χ1) is 15.1. The molecular formula is C21H15F2N7O. The molecule has 154 valence electrons. The fourth-order valence-corrected chi connectivity index (χ4v) is 3.23. The molecule has 5 rings (SSSR count). The van der Waals surface area contributed by atoms with Gasteiger partial charge >= 0.3 is 6.43 Å².